The smallest absolute Gasteiger partial charge is 0.335 e. The van der Waals surface area contributed by atoms with Crippen molar-refractivity contribution in [3.8, 4) is 5.75 Å². The zero-order chi connectivity index (χ0) is 26.1. The van der Waals surface area contributed by atoms with Crippen LogP contribution in [-0.2, 0) is 16.2 Å². The number of hydrogen-bond acceptors (Lipinski definition) is 4. The van der Waals surface area contributed by atoms with E-state index >= 15 is 0 Å². The molecule has 1 N–H and O–H groups in total. The average molecular weight is 576 g/mol. The molecule has 0 aliphatic carbocycles. The minimum absolute atomic E-state index is 0.205. The average Bonchev–Trinajstić information content (AvgIpc) is 2.87. The third kappa shape index (κ3) is 5.01. The molecule has 1 fully saturated rings. The number of hydrogen-bond donors (Lipinski definition) is 1. The standard InChI is InChI=1S/C29H20BrClN2O4/c1-17-9-10-18-5-2-3-8-23(18)25(17)16-37-26-12-11-20(30)13-19(26)14-24-27(34)32-29(36)33(28(24)35)22-7-4-6-21(31)15-22/h2-15H,16H2,1H3,(H,32,34,36)/b24-14+. The maximum Gasteiger partial charge on any atom is 0.335 e. The Bertz CT molecular complexity index is 1620. The van der Waals surface area contributed by atoms with Gasteiger partial charge in [-0.25, -0.2) is 9.69 Å². The first kappa shape index (κ1) is 24.7. The maximum atomic E-state index is 13.3. The predicted octanol–water partition coefficient (Wildman–Crippen LogP) is 6.81. The van der Waals surface area contributed by atoms with Crippen LogP contribution in [0.4, 0.5) is 10.5 Å². The quantitative estimate of drug-likeness (QED) is 0.210. The summed E-state index contributed by atoms with van der Waals surface area (Å²) >= 11 is 9.50. The summed E-state index contributed by atoms with van der Waals surface area (Å²) < 4.78 is 6.96. The van der Waals surface area contributed by atoms with E-state index in [1.165, 1.54) is 12.1 Å². The zero-order valence-electron chi connectivity index (χ0n) is 19.6. The van der Waals surface area contributed by atoms with E-state index in [1.807, 2.05) is 31.2 Å². The molecule has 0 saturated carbocycles. The number of nitrogens with one attached hydrogen (secondary N) is 1. The monoisotopic (exact) mass is 574 g/mol. The minimum atomic E-state index is -0.841. The molecule has 8 heteroatoms. The topological polar surface area (TPSA) is 75.7 Å². The van der Waals surface area contributed by atoms with Gasteiger partial charge in [-0.05, 0) is 65.7 Å². The normalized spacial score (nSPS) is 14.8. The van der Waals surface area contributed by atoms with Crippen LogP contribution in [-0.4, -0.2) is 17.8 Å². The van der Waals surface area contributed by atoms with E-state index in [0.717, 1.165) is 31.3 Å². The molecule has 6 nitrogen and oxygen atoms in total. The summed E-state index contributed by atoms with van der Waals surface area (Å²) in [5, 5.41) is 4.79. The fourth-order valence-corrected chi connectivity index (χ4v) is 4.78. The summed E-state index contributed by atoms with van der Waals surface area (Å²) in [7, 11) is 0. The van der Waals surface area contributed by atoms with Crippen LogP contribution in [0.1, 0.15) is 16.7 Å². The Morgan fingerprint density at radius 3 is 2.59 bits per heavy atom. The number of urea groups is 1. The summed E-state index contributed by atoms with van der Waals surface area (Å²) in [4.78, 5) is 39.4. The van der Waals surface area contributed by atoms with Gasteiger partial charge in [0.15, 0.2) is 0 Å². The summed E-state index contributed by atoms with van der Waals surface area (Å²) in [6.45, 7) is 2.32. The molecule has 1 aliphatic heterocycles. The molecule has 0 spiro atoms. The zero-order valence-corrected chi connectivity index (χ0v) is 22.0. The number of nitrogens with zero attached hydrogens (tertiary/aromatic N) is 1. The van der Waals surface area contributed by atoms with Gasteiger partial charge in [-0.1, -0.05) is 70.0 Å². The summed E-state index contributed by atoms with van der Waals surface area (Å²) in [5.41, 5.74) is 2.69. The van der Waals surface area contributed by atoms with Crippen molar-refractivity contribution < 1.29 is 19.1 Å². The van der Waals surface area contributed by atoms with E-state index in [4.69, 9.17) is 16.3 Å². The second-order valence-corrected chi connectivity index (χ2v) is 9.84. The molecule has 0 aromatic heterocycles. The number of benzene rings is 4. The van der Waals surface area contributed by atoms with Crippen molar-refractivity contribution in [1.29, 1.82) is 0 Å². The summed E-state index contributed by atoms with van der Waals surface area (Å²) in [6, 6.07) is 23.0. The number of carbonyl (C=O) groups excluding carboxylic acids is 3. The molecule has 1 saturated heterocycles. The highest BCUT2D eigenvalue weighted by Crippen LogP contribution is 2.30. The van der Waals surface area contributed by atoms with Gasteiger partial charge in [0.2, 0.25) is 0 Å². The minimum Gasteiger partial charge on any atom is -0.488 e. The Morgan fingerprint density at radius 1 is 0.973 bits per heavy atom. The van der Waals surface area contributed by atoms with Crippen LogP contribution < -0.4 is 15.0 Å². The molecule has 4 amide bonds. The second-order valence-electron chi connectivity index (χ2n) is 8.49. The number of anilines is 1. The molecule has 1 heterocycles. The Kier molecular flexibility index (Phi) is 6.82. The number of carbonyl (C=O) groups is 3. The van der Waals surface area contributed by atoms with E-state index in [0.29, 0.717) is 16.3 Å². The van der Waals surface area contributed by atoms with Crippen LogP contribution in [0, 0.1) is 6.92 Å². The fraction of sp³-hybridized carbons (Fsp3) is 0.0690. The maximum absolute atomic E-state index is 13.3. The van der Waals surface area contributed by atoms with Crippen LogP contribution in [0.5, 0.6) is 5.75 Å². The first-order chi connectivity index (χ1) is 17.8. The van der Waals surface area contributed by atoms with Gasteiger partial charge in [-0.2, -0.15) is 0 Å². The number of halogens is 2. The van der Waals surface area contributed by atoms with Crippen LogP contribution in [0.3, 0.4) is 0 Å². The third-order valence-corrected chi connectivity index (χ3v) is 6.81. The third-order valence-electron chi connectivity index (χ3n) is 6.09. The van der Waals surface area contributed by atoms with Crippen molar-refractivity contribution in [3.63, 3.8) is 0 Å². The molecular formula is C29H20BrClN2O4. The molecular weight excluding hydrogens is 556 g/mol. The van der Waals surface area contributed by atoms with Crippen molar-refractivity contribution in [1.82, 2.24) is 5.32 Å². The van der Waals surface area contributed by atoms with E-state index in [9.17, 15) is 14.4 Å². The van der Waals surface area contributed by atoms with Gasteiger partial charge in [0.25, 0.3) is 11.8 Å². The fourth-order valence-electron chi connectivity index (χ4n) is 4.21. The van der Waals surface area contributed by atoms with Gasteiger partial charge in [0.1, 0.15) is 17.9 Å². The number of fused-ring (bicyclic) bond motifs is 1. The molecule has 5 rings (SSSR count). The summed E-state index contributed by atoms with van der Waals surface area (Å²) in [5.74, 6) is -1.06. The molecule has 37 heavy (non-hydrogen) atoms. The van der Waals surface area contributed by atoms with E-state index in [-0.39, 0.29) is 17.9 Å². The van der Waals surface area contributed by atoms with Gasteiger partial charge in [-0.3, -0.25) is 14.9 Å². The number of rotatable bonds is 5. The van der Waals surface area contributed by atoms with E-state index in [1.54, 1.807) is 30.3 Å². The van der Waals surface area contributed by atoms with Gasteiger partial charge in [0, 0.05) is 20.6 Å². The highest BCUT2D eigenvalue weighted by molar-refractivity contribution is 9.10. The number of imide groups is 2. The van der Waals surface area contributed by atoms with Crippen molar-refractivity contribution in [3.05, 3.63) is 111 Å². The Morgan fingerprint density at radius 2 is 1.78 bits per heavy atom. The number of amides is 4. The predicted molar refractivity (Wildman–Crippen MR) is 148 cm³/mol. The second kappa shape index (κ2) is 10.2. The Balaban J connectivity index is 1.50. The first-order valence-corrected chi connectivity index (χ1v) is 12.6. The Hall–Kier alpha value is -3.94. The lowest BCUT2D eigenvalue weighted by molar-refractivity contribution is -0.122. The van der Waals surface area contributed by atoms with Crippen molar-refractivity contribution in [2.24, 2.45) is 0 Å². The van der Waals surface area contributed by atoms with Crippen molar-refractivity contribution in [2.45, 2.75) is 13.5 Å². The molecule has 0 unspecified atom stereocenters. The van der Waals surface area contributed by atoms with Crippen molar-refractivity contribution in [2.75, 3.05) is 4.90 Å². The van der Waals surface area contributed by atoms with Crippen LogP contribution >= 0.6 is 27.5 Å². The first-order valence-electron chi connectivity index (χ1n) is 11.4. The largest absolute Gasteiger partial charge is 0.488 e. The lowest BCUT2D eigenvalue weighted by Crippen LogP contribution is -2.54. The molecule has 0 radical (unpaired) electrons. The Labute approximate surface area is 226 Å². The van der Waals surface area contributed by atoms with Gasteiger partial charge in [0.05, 0.1) is 5.69 Å². The molecule has 184 valence electrons. The lowest BCUT2D eigenvalue weighted by Gasteiger charge is -2.26. The molecule has 0 bridgehead atoms. The van der Waals surface area contributed by atoms with Gasteiger partial charge in [-0.15, -0.1) is 0 Å². The number of ether oxygens (including phenoxy) is 1. The number of barbiturate groups is 1. The van der Waals surface area contributed by atoms with Gasteiger partial charge < -0.3 is 4.74 Å². The molecule has 0 atom stereocenters. The number of aryl methyl sites for hydroxylation is 1. The highest BCUT2D eigenvalue weighted by Gasteiger charge is 2.37. The van der Waals surface area contributed by atoms with Crippen molar-refractivity contribution >= 4 is 67.9 Å². The van der Waals surface area contributed by atoms with Crippen LogP contribution in [0.15, 0.2) is 88.9 Å². The van der Waals surface area contributed by atoms with E-state index in [2.05, 4.69) is 39.4 Å². The summed E-state index contributed by atoms with van der Waals surface area (Å²) in [6.07, 6.45) is 1.43. The SMILES string of the molecule is Cc1ccc2ccccc2c1COc1ccc(Br)cc1/C=C1\C(=O)NC(=O)N(c2cccc(Cl)c2)C1=O. The van der Waals surface area contributed by atoms with Crippen LogP contribution in [0.25, 0.3) is 16.8 Å². The van der Waals surface area contributed by atoms with Crippen LogP contribution in [0.2, 0.25) is 5.02 Å². The highest BCUT2D eigenvalue weighted by atomic mass is 79.9. The van der Waals surface area contributed by atoms with Gasteiger partial charge >= 0.3 is 6.03 Å². The molecule has 1 aliphatic rings. The molecule has 4 aromatic carbocycles. The van der Waals surface area contributed by atoms with E-state index < -0.39 is 17.8 Å². The molecule has 4 aromatic rings. The lowest BCUT2D eigenvalue weighted by atomic mass is 10.0.